The highest BCUT2D eigenvalue weighted by molar-refractivity contribution is 7.11. The molecule has 0 aromatic carbocycles. The Kier molecular flexibility index (Phi) is 4.37. The van der Waals surface area contributed by atoms with Crippen molar-refractivity contribution in [2.24, 2.45) is 0 Å². The molecule has 1 aliphatic rings. The summed E-state index contributed by atoms with van der Waals surface area (Å²) in [6.45, 7) is 5.05. The molecule has 2 rings (SSSR count). The van der Waals surface area contributed by atoms with Gasteiger partial charge in [-0.05, 0) is 36.4 Å². The van der Waals surface area contributed by atoms with Crippen molar-refractivity contribution in [1.29, 1.82) is 0 Å². The van der Waals surface area contributed by atoms with E-state index in [1.807, 2.05) is 31.4 Å². The Balaban J connectivity index is 2.08. The van der Waals surface area contributed by atoms with Crippen molar-refractivity contribution < 1.29 is 9.59 Å². The van der Waals surface area contributed by atoms with Crippen LogP contribution in [0.4, 0.5) is 0 Å². The standard InChI is InChI=1S/C14H18N2O2S/c1-3-11-14(18)15-7-8-16(11)13(17)5-4-12-10(2)6-9-19-12/h4-6,9,11H,3,7-8H2,1-2H3,(H,15,18). The highest BCUT2D eigenvalue weighted by Gasteiger charge is 2.30. The molecule has 1 atom stereocenters. The Hall–Kier alpha value is -1.62. The number of nitrogens with zero attached hydrogens (tertiary/aromatic N) is 1. The summed E-state index contributed by atoms with van der Waals surface area (Å²) in [6.07, 6.45) is 4.05. The van der Waals surface area contributed by atoms with E-state index in [1.54, 1.807) is 22.3 Å². The number of hydrogen-bond acceptors (Lipinski definition) is 3. The van der Waals surface area contributed by atoms with Crippen molar-refractivity contribution in [2.45, 2.75) is 26.3 Å². The van der Waals surface area contributed by atoms with E-state index < -0.39 is 0 Å². The van der Waals surface area contributed by atoms with Gasteiger partial charge in [-0.25, -0.2) is 0 Å². The maximum Gasteiger partial charge on any atom is 0.247 e. The second-order valence-corrected chi connectivity index (χ2v) is 5.50. The van der Waals surface area contributed by atoms with Crippen LogP contribution in [0.3, 0.4) is 0 Å². The van der Waals surface area contributed by atoms with Gasteiger partial charge in [0.15, 0.2) is 0 Å². The monoisotopic (exact) mass is 278 g/mol. The van der Waals surface area contributed by atoms with Crippen molar-refractivity contribution in [2.75, 3.05) is 13.1 Å². The zero-order valence-corrected chi connectivity index (χ0v) is 12.0. The van der Waals surface area contributed by atoms with Gasteiger partial charge in [-0.15, -0.1) is 11.3 Å². The lowest BCUT2D eigenvalue weighted by molar-refractivity contribution is -0.140. The van der Waals surface area contributed by atoms with E-state index in [2.05, 4.69) is 5.32 Å². The molecule has 1 aromatic rings. The quantitative estimate of drug-likeness (QED) is 0.857. The average Bonchev–Trinajstić information content (AvgIpc) is 2.81. The van der Waals surface area contributed by atoms with Crippen LogP contribution in [0.25, 0.3) is 6.08 Å². The van der Waals surface area contributed by atoms with Crippen LogP contribution < -0.4 is 5.32 Å². The predicted molar refractivity (Wildman–Crippen MR) is 76.9 cm³/mol. The number of carbonyl (C=O) groups is 2. The largest absolute Gasteiger partial charge is 0.353 e. The van der Waals surface area contributed by atoms with Crippen LogP contribution in [0.5, 0.6) is 0 Å². The lowest BCUT2D eigenvalue weighted by Gasteiger charge is -2.33. The van der Waals surface area contributed by atoms with Gasteiger partial charge in [0.1, 0.15) is 6.04 Å². The summed E-state index contributed by atoms with van der Waals surface area (Å²) in [5.74, 6) is -0.141. The van der Waals surface area contributed by atoms with Crippen LogP contribution in [-0.2, 0) is 9.59 Å². The van der Waals surface area contributed by atoms with Crippen LogP contribution in [0.1, 0.15) is 23.8 Å². The summed E-state index contributed by atoms with van der Waals surface area (Å²) in [7, 11) is 0. The van der Waals surface area contributed by atoms with Crippen molar-refractivity contribution in [1.82, 2.24) is 10.2 Å². The molecule has 0 aliphatic carbocycles. The lowest BCUT2D eigenvalue weighted by Crippen LogP contribution is -2.56. The third-order valence-electron chi connectivity index (χ3n) is 3.28. The Morgan fingerprint density at radius 2 is 2.42 bits per heavy atom. The highest BCUT2D eigenvalue weighted by Crippen LogP contribution is 2.17. The number of nitrogens with one attached hydrogen (secondary N) is 1. The summed E-state index contributed by atoms with van der Waals surface area (Å²) in [4.78, 5) is 26.6. The van der Waals surface area contributed by atoms with Crippen LogP contribution in [0.15, 0.2) is 17.5 Å². The molecule has 1 N–H and O–H groups in total. The number of amides is 2. The fourth-order valence-corrected chi connectivity index (χ4v) is 3.00. The SMILES string of the molecule is CCC1C(=O)NCCN1C(=O)C=Cc1sccc1C. The third kappa shape index (κ3) is 3.04. The number of hydrogen-bond donors (Lipinski definition) is 1. The Morgan fingerprint density at radius 1 is 1.63 bits per heavy atom. The normalized spacial score (nSPS) is 19.8. The van der Waals surface area contributed by atoms with Gasteiger partial charge in [0, 0.05) is 24.0 Å². The second kappa shape index (κ2) is 6.02. The molecule has 1 aliphatic heterocycles. The first kappa shape index (κ1) is 13.8. The minimum absolute atomic E-state index is 0.0530. The van der Waals surface area contributed by atoms with E-state index in [9.17, 15) is 9.59 Å². The molecule has 19 heavy (non-hydrogen) atoms. The molecule has 1 fully saturated rings. The van der Waals surface area contributed by atoms with Crippen LogP contribution in [0.2, 0.25) is 0 Å². The molecule has 102 valence electrons. The van der Waals surface area contributed by atoms with Crippen molar-refractivity contribution in [3.05, 3.63) is 28.0 Å². The Bertz CT molecular complexity index is 507. The molecular weight excluding hydrogens is 260 g/mol. The molecule has 1 unspecified atom stereocenters. The van der Waals surface area contributed by atoms with Gasteiger partial charge < -0.3 is 10.2 Å². The van der Waals surface area contributed by atoms with Crippen molar-refractivity contribution in [3.63, 3.8) is 0 Å². The zero-order valence-electron chi connectivity index (χ0n) is 11.2. The van der Waals surface area contributed by atoms with Crippen LogP contribution in [0, 0.1) is 6.92 Å². The molecule has 5 heteroatoms. The zero-order chi connectivity index (χ0) is 13.8. The van der Waals surface area contributed by atoms with E-state index in [0.717, 1.165) is 10.4 Å². The summed E-state index contributed by atoms with van der Waals surface area (Å²) >= 11 is 1.61. The van der Waals surface area contributed by atoms with Gasteiger partial charge in [0.05, 0.1) is 0 Å². The van der Waals surface area contributed by atoms with Gasteiger partial charge in [-0.3, -0.25) is 9.59 Å². The molecule has 0 radical (unpaired) electrons. The topological polar surface area (TPSA) is 49.4 Å². The lowest BCUT2D eigenvalue weighted by atomic mass is 10.1. The van der Waals surface area contributed by atoms with Crippen molar-refractivity contribution in [3.8, 4) is 0 Å². The number of aryl methyl sites for hydroxylation is 1. The molecule has 2 amide bonds. The van der Waals surface area contributed by atoms with E-state index in [0.29, 0.717) is 19.5 Å². The Labute approximate surface area is 117 Å². The van der Waals surface area contributed by atoms with Crippen LogP contribution in [-0.4, -0.2) is 35.8 Å². The number of rotatable bonds is 3. The maximum atomic E-state index is 12.2. The van der Waals surface area contributed by atoms with Crippen molar-refractivity contribution >= 4 is 29.2 Å². The van der Waals surface area contributed by atoms with Gasteiger partial charge >= 0.3 is 0 Å². The van der Waals surface area contributed by atoms with E-state index in [4.69, 9.17) is 0 Å². The molecule has 4 nitrogen and oxygen atoms in total. The Morgan fingerprint density at radius 3 is 3.05 bits per heavy atom. The number of carbonyl (C=O) groups excluding carboxylic acids is 2. The van der Waals surface area contributed by atoms with Gasteiger partial charge in [0.2, 0.25) is 11.8 Å². The average molecular weight is 278 g/mol. The first-order chi connectivity index (χ1) is 9.13. The fourth-order valence-electron chi connectivity index (χ4n) is 2.18. The molecule has 0 spiro atoms. The molecule has 1 aromatic heterocycles. The third-order valence-corrected chi connectivity index (χ3v) is 4.26. The van der Waals surface area contributed by atoms with E-state index >= 15 is 0 Å². The molecule has 2 heterocycles. The van der Waals surface area contributed by atoms with Gasteiger partial charge in [0.25, 0.3) is 0 Å². The first-order valence-corrected chi connectivity index (χ1v) is 7.32. The maximum absolute atomic E-state index is 12.2. The van der Waals surface area contributed by atoms with E-state index in [-0.39, 0.29) is 17.9 Å². The van der Waals surface area contributed by atoms with Gasteiger partial charge in [-0.2, -0.15) is 0 Å². The van der Waals surface area contributed by atoms with Gasteiger partial charge in [-0.1, -0.05) is 6.92 Å². The smallest absolute Gasteiger partial charge is 0.247 e. The minimum Gasteiger partial charge on any atom is -0.353 e. The number of thiophene rings is 1. The summed E-state index contributed by atoms with van der Waals surface area (Å²) in [5, 5.41) is 4.79. The highest BCUT2D eigenvalue weighted by atomic mass is 32.1. The number of piperazine rings is 1. The van der Waals surface area contributed by atoms with E-state index in [1.165, 1.54) is 0 Å². The minimum atomic E-state index is -0.338. The molecule has 0 bridgehead atoms. The summed E-state index contributed by atoms with van der Waals surface area (Å²) in [6, 6.07) is 1.69. The molecule has 0 saturated carbocycles. The van der Waals surface area contributed by atoms with Crippen LogP contribution >= 0.6 is 11.3 Å². The molecule has 1 saturated heterocycles. The second-order valence-electron chi connectivity index (χ2n) is 4.55. The fraction of sp³-hybridized carbons (Fsp3) is 0.429. The summed E-state index contributed by atoms with van der Waals surface area (Å²) in [5.41, 5.74) is 1.16. The summed E-state index contributed by atoms with van der Waals surface area (Å²) < 4.78 is 0. The molecular formula is C14H18N2O2S. The first-order valence-electron chi connectivity index (χ1n) is 6.44. The predicted octanol–water partition coefficient (Wildman–Crippen LogP) is 1.81.